The van der Waals surface area contributed by atoms with Crippen LogP contribution in [0.1, 0.15) is 0 Å². The van der Waals surface area contributed by atoms with Gasteiger partial charge in [-0.3, -0.25) is 4.40 Å². The fourth-order valence-corrected chi connectivity index (χ4v) is 3.00. The second-order valence-corrected chi connectivity index (χ2v) is 6.06. The minimum absolute atomic E-state index is 0.663. The molecule has 23 heavy (non-hydrogen) atoms. The second-order valence-electron chi connectivity index (χ2n) is 5.25. The first-order valence-corrected chi connectivity index (χ1v) is 8.14. The summed E-state index contributed by atoms with van der Waals surface area (Å²) in [4.78, 5) is 6.76. The van der Waals surface area contributed by atoms with Gasteiger partial charge >= 0.3 is 0 Å². The van der Waals surface area contributed by atoms with Crippen molar-refractivity contribution in [1.82, 2.24) is 19.6 Å². The summed E-state index contributed by atoms with van der Waals surface area (Å²) in [7, 11) is 0. The zero-order chi connectivity index (χ0) is 15.6. The van der Waals surface area contributed by atoms with Gasteiger partial charge in [0.15, 0.2) is 5.82 Å². The largest absolute Gasteiger partial charge is 0.378 e. The van der Waals surface area contributed by atoms with Crippen LogP contribution in [0.15, 0.2) is 41.4 Å². The third kappa shape index (κ3) is 2.99. The van der Waals surface area contributed by atoms with Crippen molar-refractivity contribution in [2.75, 3.05) is 36.5 Å². The number of anilines is 3. The zero-order valence-corrected chi connectivity index (χ0v) is 13.9. The molecule has 0 unspecified atom stereocenters. The van der Waals surface area contributed by atoms with Gasteiger partial charge < -0.3 is 15.0 Å². The summed E-state index contributed by atoms with van der Waals surface area (Å²) in [5, 5.41) is 11.3. The van der Waals surface area contributed by atoms with Crippen LogP contribution in [0.3, 0.4) is 0 Å². The first kappa shape index (κ1) is 14.4. The highest BCUT2D eigenvalue weighted by Gasteiger charge is 2.11. The Balaban J connectivity index is 1.57. The highest BCUT2D eigenvalue weighted by Crippen LogP contribution is 2.23. The van der Waals surface area contributed by atoms with Gasteiger partial charge in [0.25, 0.3) is 0 Å². The summed E-state index contributed by atoms with van der Waals surface area (Å²) in [6, 6.07) is 8.29. The molecule has 0 radical (unpaired) electrons. The number of ether oxygens (including phenoxy) is 1. The number of rotatable bonds is 3. The van der Waals surface area contributed by atoms with E-state index in [9.17, 15) is 0 Å². The van der Waals surface area contributed by atoms with Gasteiger partial charge in [0.2, 0.25) is 5.65 Å². The molecule has 0 aliphatic carbocycles. The molecule has 1 aliphatic heterocycles. The van der Waals surface area contributed by atoms with Crippen molar-refractivity contribution >= 4 is 38.8 Å². The maximum absolute atomic E-state index is 5.39. The van der Waals surface area contributed by atoms with Crippen molar-refractivity contribution in [2.45, 2.75) is 0 Å². The Hall–Kier alpha value is -2.19. The van der Waals surface area contributed by atoms with E-state index in [1.807, 2.05) is 22.7 Å². The Morgan fingerprint density at radius 2 is 1.91 bits per heavy atom. The predicted molar refractivity (Wildman–Crippen MR) is 91.2 cm³/mol. The molecule has 0 bridgehead atoms. The molecule has 0 atom stereocenters. The summed E-state index contributed by atoms with van der Waals surface area (Å²) >= 11 is 3.40. The van der Waals surface area contributed by atoms with E-state index in [-0.39, 0.29) is 0 Å². The first-order valence-electron chi connectivity index (χ1n) is 7.35. The van der Waals surface area contributed by atoms with Crippen LogP contribution >= 0.6 is 15.9 Å². The number of morpholine rings is 1. The van der Waals surface area contributed by atoms with Crippen LogP contribution in [-0.4, -0.2) is 45.9 Å². The molecule has 7 nitrogen and oxygen atoms in total. The van der Waals surface area contributed by atoms with E-state index in [1.165, 1.54) is 5.69 Å². The van der Waals surface area contributed by atoms with E-state index in [4.69, 9.17) is 4.74 Å². The average molecular weight is 375 g/mol. The lowest BCUT2D eigenvalue weighted by molar-refractivity contribution is 0.122. The highest BCUT2D eigenvalue weighted by atomic mass is 79.9. The Bertz CT molecular complexity index is 812. The van der Waals surface area contributed by atoms with E-state index in [1.54, 1.807) is 6.33 Å². The minimum Gasteiger partial charge on any atom is -0.378 e. The standard InChI is InChI=1S/C15H15BrN6O/c16-13-9-22-10-17-20-15(22)14(19-13)18-11-1-3-12(4-2-11)21-5-7-23-8-6-21/h1-4,9-10H,5-8H2,(H,18,19). The fraction of sp³-hybridized carbons (Fsp3) is 0.267. The van der Waals surface area contributed by atoms with E-state index in [0.717, 1.165) is 36.6 Å². The quantitative estimate of drug-likeness (QED) is 0.759. The van der Waals surface area contributed by atoms with E-state index in [2.05, 4.69) is 53.5 Å². The highest BCUT2D eigenvalue weighted by molar-refractivity contribution is 9.10. The molecule has 3 heterocycles. The van der Waals surface area contributed by atoms with E-state index in [0.29, 0.717) is 11.5 Å². The Labute approximate surface area is 141 Å². The lowest BCUT2D eigenvalue weighted by Crippen LogP contribution is -2.36. The van der Waals surface area contributed by atoms with Crippen molar-refractivity contribution in [3.63, 3.8) is 0 Å². The summed E-state index contributed by atoms with van der Waals surface area (Å²) in [5.74, 6) is 0.663. The molecule has 1 N–H and O–H groups in total. The van der Waals surface area contributed by atoms with Crippen molar-refractivity contribution < 1.29 is 4.74 Å². The van der Waals surface area contributed by atoms with Crippen LogP contribution in [-0.2, 0) is 4.74 Å². The summed E-state index contributed by atoms with van der Waals surface area (Å²) in [6.07, 6.45) is 3.47. The van der Waals surface area contributed by atoms with Gasteiger partial charge in [-0.1, -0.05) is 0 Å². The molecule has 3 aromatic rings. The molecule has 1 fully saturated rings. The molecule has 0 amide bonds. The summed E-state index contributed by atoms with van der Waals surface area (Å²) < 4.78 is 7.93. The normalized spacial score (nSPS) is 15.1. The fourth-order valence-electron chi connectivity index (χ4n) is 2.60. The van der Waals surface area contributed by atoms with Crippen molar-refractivity contribution in [2.24, 2.45) is 0 Å². The molecule has 4 rings (SSSR count). The van der Waals surface area contributed by atoms with Crippen LogP contribution in [0.4, 0.5) is 17.2 Å². The van der Waals surface area contributed by atoms with E-state index >= 15 is 0 Å². The molecular formula is C15H15BrN6O. The van der Waals surface area contributed by atoms with Crippen molar-refractivity contribution in [3.8, 4) is 0 Å². The average Bonchev–Trinajstić information content (AvgIpc) is 3.05. The molecule has 0 saturated carbocycles. The lowest BCUT2D eigenvalue weighted by Gasteiger charge is -2.28. The number of fused-ring (bicyclic) bond motifs is 1. The smallest absolute Gasteiger partial charge is 0.203 e. The molecule has 2 aromatic heterocycles. The van der Waals surface area contributed by atoms with Crippen LogP contribution in [0, 0.1) is 0 Å². The number of halogens is 1. The van der Waals surface area contributed by atoms with Gasteiger partial charge in [-0.05, 0) is 40.2 Å². The number of nitrogens with one attached hydrogen (secondary N) is 1. The lowest BCUT2D eigenvalue weighted by atomic mass is 10.2. The molecule has 118 valence electrons. The molecule has 0 spiro atoms. The Morgan fingerprint density at radius 3 is 2.70 bits per heavy atom. The number of aromatic nitrogens is 4. The molecule has 1 aromatic carbocycles. The van der Waals surface area contributed by atoms with Crippen LogP contribution < -0.4 is 10.2 Å². The van der Waals surface area contributed by atoms with Gasteiger partial charge in [0.05, 0.1) is 13.2 Å². The summed E-state index contributed by atoms with van der Waals surface area (Å²) in [6.45, 7) is 3.43. The van der Waals surface area contributed by atoms with Gasteiger partial charge in [-0.15, -0.1) is 10.2 Å². The van der Waals surface area contributed by atoms with Gasteiger partial charge in [-0.2, -0.15) is 0 Å². The Kier molecular flexibility index (Phi) is 3.84. The summed E-state index contributed by atoms with van der Waals surface area (Å²) in [5.41, 5.74) is 2.84. The molecule has 1 aliphatic rings. The third-order valence-corrected chi connectivity index (χ3v) is 4.14. The predicted octanol–water partition coefficient (Wildman–Crippen LogP) is 2.47. The molecule has 8 heteroatoms. The number of nitrogens with zero attached hydrogens (tertiary/aromatic N) is 5. The third-order valence-electron chi connectivity index (χ3n) is 3.76. The van der Waals surface area contributed by atoms with Crippen LogP contribution in [0.25, 0.3) is 5.65 Å². The number of benzene rings is 1. The zero-order valence-electron chi connectivity index (χ0n) is 12.3. The monoisotopic (exact) mass is 374 g/mol. The van der Waals surface area contributed by atoms with Gasteiger partial charge in [-0.25, -0.2) is 4.98 Å². The topological polar surface area (TPSA) is 67.6 Å². The maximum atomic E-state index is 5.39. The maximum Gasteiger partial charge on any atom is 0.203 e. The van der Waals surface area contributed by atoms with Crippen LogP contribution in [0.2, 0.25) is 0 Å². The second kappa shape index (κ2) is 6.13. The minimum atomic E-state index is 0.663. The number of hydrogen-bond donors (Lipinski definition) is 1. The van der Waals surface area contributed by atoms with E-state index < -0.39 is 0 Å². The Morgan fingerprint density at radius 1 is 1.13 bits per heavy atom. The molecule has 1 saturated heterocycles. The van der Waals surface area contributed by atoms with Crippen molar-refractivity contribution in [3.05, 3.63) is 41.4 Å². The van der Waals surface area contributed by atoms with Crippen LogP contribution in [0.5, 0.6) is 0 Å². The SMILES string of the molecule is Brc1cn2cnnc2c(Nc2ccc(N3CCOCC3)cc2)n1. The van der Waals surface area contributed by atoms with Crippen molar-refractivity contribution in [1.29, 1.82) is 0 Å². The first-order chi connectivity index (χ1) is 11.3. The number of hydrogen-bond acceptors (Lipinski definition) is 6. The van der Waals surface area contributed by atoms with Gasteiger partial charge in [0, 0.05) is 30.7 Å². The van der Waals surface area contributed by atoms with Gasteiger partial charge in [0.1, 0.15) is 10.9 Å². The molecular weight excluding hydrogens is 360 g/mol.